The van der Waals surface area contributed by atoms with Crippen LogP contribution in [0.1, 0.15) is 25.7 Å². The Hall–Kier alpha value is 1.84. The fourth-order valence-electron chi connectivity index (χ4n) is 6.75. The van der Waals surface area contributed by atoms with Gasteiger partial charge in [-0.15, -0.1) is 0 Å². The lowest BCUT2D eigenvalue weighted by Gasteiger charge is -2.33. The van der Waals surface area contributed by atoms with Crippen LogP contribution in [0.3, 0.4) is 0 Å². The van der Waals surface area contributed by atoms with Crippen molar-refractivity contribution < 1.29 is 75.8 Å². The fraction of sp³-hybridized carbons (Fsp3) is 1.00. The summed E-state index contributed by atoms with van der Waals surface area (Å²) >= 11 is 0. The summed E-state index contributed by atoms with van der Waals surface area (Å²) < 4.78 is 94.4. The zero-order valence-corrected chi connectivity index (χ0v) is 60.7. The summed E-state index contributed by atoms with van der Waals surface area (Å²) in [6, 6.07) is 0. The van der Waals surface area contributed by atoms with Gasteiger partial charge >= 0.3 is 0 Å². The van der Waals surface area contributed by atoms with E-state index in [2.05, 4.69) is 21.3 Å². The average Bonchev–Trinajstić information content (AvgIpc) is 3.74. The summed E-state index contributed by atoms with van der Waals surface area (Å²) in [4.78, 5) is 0. The van der Waals surface area contributed by atoms with Crippen molar-refractivity contribution in [3.8, 4) is 0 Å². The summed E-state index contributed by atoms with van der Waals surface area (Å²) in [6.07, 6.45) is 4.04. The first-order chi connectivity index (χ1) is 44.2. The normalized spacial score (nSPS) is 12.0. The molecular weight excluding hydrogens is 1310 g/mol. The Morgan fingerprint density at radius 1 is 0.191 bits per heavy atom. The molecule has 0 aromatic carbocycles. The molecule has 32 heteroatoms. The lowest BCUT2D eigenvalue weighted by molar-refractivity contribution is -0.123. The van der Waals surface area contributed by atoms with Crippen LogP contribution in [-0.2, 0) is 75.8 Å². The third-order valence-corrected chi connectivity index (χ3v) is 20.8. The van der Waals surface area contributed by atoms with Crippen molar-refractivity contribution >= 4 is 86.4 Å². The van der Waals surface area contributed by atoms with Crippen molar-refractivity contribution in [2.75, 3.05) is 336 Å². The zero-order valence-electron chi connectivity index (χ0n) is 54.2. The van der Waals surface area contributed by atoms with E-state index in [0.29, 0.717) is 211 Å². The highest BCUT2D eigenvalue weighted by Crippen LogP contribution is 2.23. The largest absolute Gasteiger partial charge is 0.378 e. The predicted molar refractivity (Wildman–Crippen MR) is 381 cm³/mol. The third-order valence-electron chi connectivity index (χ3n) is 11.4. The van der Waals surface area contributed by atoms with Crippen molar-refractivity contribution in [2.24, 2.45) is 28.3 Å². The van der Waals surface area contributed by atoms with Crippen LogP contribution in [0.2, 0.25) is 0 Å². The molecule has 0 radical (unpaired) electrons. The molecule has 0 aliphatic heterocycles. The van der Waals surface area contributed by atoms with Crippen LogP contribution in [0, 0.1) is 5.41 Å². The monoisotopic (exact) mass is 1430 g/mol. The maximum Gasteiger partial charge on any atom is 0.0701 e. The molecule has 0 unspecified atom stereocenters. The number of nitrogens with two attached hydrogens (primary N) is 4. The van der Waals surface area contributed by atoms with E-state index >= 15 is 0 Å². The number of ether oxygens (including phenoxy) is 16. The Labute approximate surface area is 569 Å². The molecule has 0 spiro atoms. The highest BCUT2D eigenvalue weighted by Gasteiger charge is 2.33. The first-order valence-corrected chi connectivity index (χ1v) is 42.0. The Balaban J connectivity index is 4.99. The molecule has 0 aromatic rings. The van der Waals surface area contributed by atoms with Crippen molar-refractivity contribution in [1.82, 2.24) is 21.3 Å². The molecule has 0 saturated heterocycles. The number of rotatable bonds is 84. The zero-order chi connectivity index (χ0) is 63.9. The maximum atomic E-state index is 6.28. The second-order valence-corrected chi connectivity index (χ2v) is 30.0. The summed E-state index contributed by atoms with van der Waals surface area (Å²) in [5, 5.41) is 13.6. The van der Waals surface area contributed by atoms with Gasteiger partial charge in [-0.1, -0.05) is 86.4 Å². The van der Waals surface area contributed by atoms with E-state index in [1.807, 2.05) is 86.4 Å². The van der Waals surface area contributed by atoms with E-state index < -0.39 is 5.41 Å². The van der Waals surface area contributed by atoms with Gasteiger partial charge in [0.1, 0.15) is 0 Å². The fourth-order valence-corrected chi connectivity index (χ4v) is 14.0. The lowest BCUT2D eigenvalue weighted by Crippen LogP contribution is -2.43. The summed E-state index contributed by atoms with van der Waals surface area (Å²) in [7, 11) is 14.7. The molecule has 89 heavy (non-hydrogen) atoms. The molecule has 536 valence electrons. The third kappa shape index (κ3) is 78.7. The SMILES string of the molecule is NCCCNCCSSCCOCCOCCOCCOCC(COCCOCCOCCOCCSSCCNCCCN)(COCCOCCOCCOCCSSCCNCCCN)COCCOCCOCCOCCSSCCNCCCN. The molecule has 0 rings (SSSR count). The van der Waals surface area contributed by atoms with E-state index in [1.54, 1.807) is 0 Å². The van der Waals surface area contributed by atoms with Gasteiger partial charge < -0.3 is 120 Å². The molecule has 0 bridgehead atoms. The van der Waals surface area contributed by atoms with Crippen LogP contribution in [0.4, 0.5) is 0 Å². The maximum absolute atomic E-state index is 6.28. The van der Waals surface area contributed by atoms with Gasteiger partial charge in [0.2, 0.25) is 0 Å². The first-order valence-electron chi connectivity index (χ1n) is 32.1. The average molecular weight is 1430 g/mol. The van der Waals surface area contributed by atoms with Crippen LogP contribution < -0.4 is 44.2 Å². The van der Waals surface area contributed by atoms with Crippen molar-refractivity contribution in [2.45, 2.75) is 25.7 Å². The molecule has 12 N–H and O–H groups in total. The number of nitrogens with one attached hydrogen (secondary N) is 4. The predicted octanol–water partition coefficient (Wildman–Crippen LogP) is 3.52. The minimum Gasteiger partial charge on any atom is -0.378 e. The van der Waals surface area contributed by atoms with Gasteiger partial charge in [0.05, 0.1) is 217 Å². The van der Waals surface area contributed by atoms with E-state index in [1.165, 1.54) is 0 Å². The van der Waals surface area contributed by atoms with Crippen LogP contribution in [-0.4, -0.2) is 336 Å². The molecule has 0 fully saturated rings. The standard InChI is InChI=1S/C57H124N8O16S8/c58-5-1-9-62-13-45-82-86-49-41-74-29-25-66-17-21-70-33-37-78-53-57(54-79-38-34-71-22-18-67-26-30-75-42-50-87-83-46-14-63-10-2-6-59,55-80-39-35-72-23-19-68-27-31-76-43-51-88-84-47-15-64-11-3-7-60)56-81-40-36-73-24-20-69-28-32-77-44-52-89-85-48-16-65-12-4-8-61/h62-65H,1-56,58-61H2. The van der Waals surface area contributed by atoms with Gasteiger partial charge in [0.25, 0.3) is 0 Å². The van der Waals surface area contributed by atoms with E-state index in [9.17, 15) is 0 Å². The second kappa shape index (κ2) is 84.1. The quantitative estimate of drug-likeness (QED) is 0.0319. The van der Waals surface area contributed by atoms with Crippen LogP contribution in [0.5, 0.6) is 0 Å². The van der Waals surface area contributed by atoms with Crippen LogP contribution >= 0.6 is 86.4 Å². The van der Waals surface area contributed by atoms with E-state index in [-0.39, 0.29) is 0 Å². The highest BCUT2D eigenvalue weighted by molar-refractivity contribution is 8.77. The molecule has 0 amide bonds. The van der Waals surface area contributed by atoms with Crippen molar-refractivity contribution in [3.05, 3.63) is 0 Å². The second-order valence-electron chi connectivity index (χ2n) is 19.2. The minimum absolute atomic E-state index is 0.302. The molecular formula is C57H124N8O16S8. The van der Waals surface area contributed by atoms with Gasteiger partial charge in [0, 0.05) is 72.2 Å². The van der Waals surface area contributed by atoms with E-state index in [4.69, 9.17) is 98.7 Å². The van der Waals surface area contributed by atoms with Crippen LogP contribution in [0.25, 0.3) is 0 Å². The molecule has 0 aliphatic rings. The molecule has 0 aromatic heterocycles. The van der Waals surface area contributed by atoms with Gasteiger partial charge in [-0.3, -0.25) is 0 Å². The lowest BCUT2D eigenvalue weighted by atomic mass is 9.92. The van der Waals surface area contributed by atoms with Crippen molar-refractivity contribution in [3.63, 3.8) is 0 Å². The summed E-state index contributed by atoms with van der Waals surface area (Å²) in [5.41, 5.74) is 21.5. The number of hydrogen-bond donors (Lipinski definition) is 8. The van der Waals surface area contributed by atoms with Gasteiger partial charge in [0.15, 0.2) is 0 Å². The van der Waals surface area contributed by atoms with Gasteiger partial charge in [-0.05, 0) is 78.0 Å². The van der Waals surface area contributed by atoms with Gasteiger partial charge in [-0.2, -0.15) is 0 Å². The Kier molecular flexibility index (Phi) is 85.8. The van der Waals surface area contributed by atoms with E-state index in [0.717, 1.165) is 150 Å². The molecule has 0 heterocycles. The first kappa shape index (κ1) is 90.8. The molecule has 0 saturated carbocycles. The Morgan fingerprint density at radius 3 is 0.528 bits per heavy atom. The topological polar surface area (TPSA) is 300 Å². The Bertz CT molecular complexity index is 1120. The smallest absolute Gasteiger partial charge is 0.0701 e. The molecule has 24 nitrogen and oxygen atoms in total. The van der Waals surface area contributed by atoms with Crippen molar-refractivity contribution in [1.29, 1.82) is 0 Å². The summed E-state index contributed by atoms with van der Waals surface area (Å²) in [5.74, 6) is 7.99. The molecule has 0 aliphatic carbocycles. The summed E-state index contributed by atoms with van der Waals surface area (Å²) in [6.45, 7) is 25.7. The Morgan fingerprint density at radius 2 is 0.348 bits per heavy atom. The van der Waals surface area contributed by atoms with Crippen LogP contribution in [0.15, 0.2) is 0 Å². The van der Waals surface area contributed by atoms with Gasteiger partial charge in [-0.25, -0.2) is 0 Å². The minimum atomic E-state index is -0.659. The molecule has 0 atom stereocenters. The highest BCUT2D eigenvalue weighted by atomic mass is 33.1. The number of hydrogen-bond acceptors (Lipinski definition) is 32.